The van der Waals surface area contributed by atoms with Gasteiger partial charge < -0.3 is 0 Å². The molecule has 7 heteroatoms. The summed E-state index contributed by atoms with van der Waals surface area (Å²) in [6, 6.07) is 7.00. The molecule has 0 saturated heterocycles. The number of nitrogens with zero attached hydrogens (tertiary/aromatic N) is 2. The monoisotopic (exact) mass is 417 g/mol. The summed E-state index contributed by atoms with van der Waals surface area (Å²) in [6.45, 7) is 1.74. The smallest absolute Gasteiger partial charge is 0.267 e. The minimum atomic E-state index is -0.331. The Bertz CT molecular complexity index is 1040. The maximum absolute atomic E-state index is 13.0. The fourth-order valence-electron chi connectivity index (χ4n) is 3.21. The first kappa shape index (κ1) is 16.5. The summed E-state index contributed by atoms with van der Waals surface area (Å²) in [4.78, 5) is 32.1. The van der Waals surface area contributed by atoms with Crippen molar-refractivity contribution in [3.05, 3.63) is 60.9 Å². The van der Waals surface area contributed by atoms with Crippen molar-refractivity contribution in [3.8, 4) is 0 Å². The zero-order valence-electron chi connectivity index (χ0n) is 13.6. The molecule has 0 atom stereocenters. The molecule has 0 fully saturated rings. The highest BCUT2D eigenvalue weighted by molar-refractivity contribution is 9.10. The van der Waals surface area contributed by atoms with Crippen molar-refractivity contribution in [3.63, 3.8) is 0 Å². The normalized spacial score (nSPS) is 13.7. The summed E-state index contributed by atoms with van der Waals surface area (Å²) < 4.78 is 2.17. The Morgan fingerprint density at radius 3 is 2.72 bits per heavy atom. The predicted octanol–water partition coefficient (Wildman–Crippen LogP) is 3.79. The van der Waals surface area contributed by atoms with Crippen LogP contribution in [0, 0.1) is 6.92 Å². The van der Waals surface area contributed by atoms with Crippen LogP contribution >= 0.6 is 27.3 Å². The molecule has 1 aliphatic carbocycles. The first-order valence-electron chi connectivity index (χ1n) is 8.15. The molecule has 128 valence electrons. The molecule has 0 aliphatic heterocycles. The van der Waals surface area contributed by atoms with Crippen LogP contribution in [0.3, 0.4) is 0 Å². The minimum absolute atomic E-state index is 0.188. The molecule has 3 aromatic rings. The molecule has 2 aromatic heterocycles. The van der Waals surface area contributed by atoms with Gasteiger partial charge in [0.1, 0.15) is 10.7 Å². The van der Waals surface area contributed by atoms with E-state index in [9.17, 15) is 9.59 Å². The first-order valence-corrected chi connectivity index (χ1v) is 9.76. The molecule has 0 bridgehead atoms. The topological polar surface area (TPSA) is 64.0 Å². The van der Waals surface area contributed by atoms with E-state index in [0.29, 0.717) is 16.8 Å². The van der Waals surface area contributed by atoms with E-state index in [1.807, 2.05) is 0 Å². The average Bonchev–Trinajstić information content (AvgIpc) is 2.97. The highest BCUT2D eigenvalue weighted by Crippen LogP contribution is 2.33. The van der Waals surface area contributed by atoms with Gasteiger partial charge >= 0.3 is 0 Å². The molecule has 1 aliphatic rings. The molecule has 0 radical (unpaired) electrons. The minimum Gasteiger partial charge on any atom is -0.267 e. The Hall–Kier alpha value is -1.99. The van der Waals surface area contributed by atoms with Crippen molar-refractivity contribution >= 4 is 43.4 Å². The van der Waals surface area contributed by atoms with Gasteiger partial charge in [-0.3, -0.25) is 15.0 Å². The number of aromatic nitrogens is 2. The summed E-state index contributed by atoms with van der Waals surface area (Å²) in [6.07, 6.45) is 4.18. The number of amides is 1. The van der Waals surface area contributed by atoms with Gasteiger partial charge in [-0.1, -0.05) is 15.9 Å². The summed E-state index contributed by atoms with van der Waals surface area (Å²) in [5, 5.41) is 0.668. The average molecular weight is 418 g/mol. The molecule has 1 amide bonds. The number of carbonyl (C=O) groups is 1. The molecule has 1 aromatic carbocycles. The quantitative estimate of drug-likeness (QED) is 0.689. The zero-order valence-corrected chi connectivity index (χ0v) is 16.0. The third kappa shape index (κ3) is 2.91. The van der Waals surface area contributed by atoms with Gasteiger partial charge in [0, 0.05) is 14.9 Å². The number of halogens is 1. The fraction of sp³-hybridized carbons (Fsp3) is 0.278. The van der Waals surface area contributed by atoms with Gasteiger partial charge in [0.25, 0.3) is 11.5 Å². The number of rotatable bonds is 2. The van der Waals surface area contributed by atoms with Gasteiger partial charge in [-0.25, -0.2) is 9.66 Å². The van der Waals surface area contributed by atoms with Crippen LogP contribution in [-0.2, 0) is 12.8 Å². The number of hydrogen-bond donors (Lipinski definition) is 1. The highest BCUT2D eigenvalue weighted by Gasteiger charge is 2.21. The van der Waals surface area contributed by atoms with Crippen molar-refractivity contribution in [1.82, 2.24) is 9.66 Å². The molecular weight excluding hydrogens is 402 g/mol. The van der Waals surface area contributed by atoms with Gasteiger partial charge in [0.2, 0.25) is 0 Å². The Morgan fingerprint density at radius 2 is 1.96 bits per heavy atom. The summed E-state index contributed by atoms with van der Waals surface area (Å²) >= 11 is 4.96. The molecule has 2 heterocycles. The van der Waals surface area contributed by atoms with Crippen molar-refractivity contribution < 1.29 is 4.79 Å². The number of hydrogen-bond acceptors (Lipinski definition) is 4. The Labute approximate surface area is 156 Å². The molecule has 4 rings (SSSR count). The van der Waals surface area contributed by atoms with Gasteiger partial charge in [-0.2, -0.15) is 0 Å². The van der Waals surface area contributed by atoms with Gasteiger partial charge in [-0.05, 0) is 62.4 Å². The SMILES string of the molecule is Cc1nc2sc3c(c2c(=O)n1NC(=O)c1ccc(Br)cc1)CCCC3. The number of aryl methyl sites for hydroxylation is 3. The zero-order chi connectivity index (χ0) is 17.6. The summed E-state index contributed by atoms with van der Waals surface area (Å²) in [5.41, 5.74) is 4.12. The van der Waals surface area contributed by atoms with Crippen molar-refractivity contribution in [1.29, 1.82) is 0 Å². The second-order valence-electron chi connectivity index (χ2n) is 6.14. The van der Waals surface area contributed by atoms with E-state index >= 15 is 0 Å². The van der Waals surface area contributed by atoms with E-state index in [0.717, 1.165) is 40.5 Å². The third-order valence-corrected chi connectivity index (χ3v) is 6.19. The molecule has 1 N–H and O–H groups in total. The van der Waals surface area contributed by atoms with Gasteiger partial charge in [0.15, 0.2) is 0 Å². The van der Waals surface area contributed by atoms with E-state index in [2.05, 4.69) is 26.3 Å². The highest BCUT2D eigenvalue weighted by atomic mass is 79.9. The maximum Gasteiger partial charge on any atom is 0.281 e. The molecular formula is C18H16BrN3O2S. The van der Waals surface area contributed by atoms with Crippen LogP contribution < -0.4 is 11.0 Å². The molecule has 25 heavy (non-hydrogen) atoms. The standard InChI is InChI=1S/C18H16BrN3O2S/c1-10-20-17-15(13-4-2-3-5-14(13)25-17)18(24)22(10)21-16(23)11-6-8-12(19)9-7-11/h6-9H,2-5H2,1H3,(H,21,23). The predicted molar refractivity (Wildman–Crippen MR) is 103 cm³/mol. The summed E-state index contributed by atoms with van der Waals surface area (Å²) in [5.74, 6) is 0.157. The Morgan fingerprint density at radius 1 is 1.24 bits per heavy atom. The number of thiophene rings is 1. The van der Waals surface area contributed by atoms with Gasteiger partial charge in [0.05, 0.1) is 5.39 Å². The van der Waals surface area contributed by atoms with Crippen LogP contribution in [0.15, 0.2) is 33.5 Å². The molecule has 0 spiro atoms. The third-order valence-electron chi connectivity index (χ3n) is 4.48. The van der Waals surface area contributed by atoms with Crippen LogP contribution in [0.2, 0.25) is 0 Å². The van der Waals surface area contributed by atoms with Gasteiger partial charge in [-0.15, -0.1) is 11.3 Å². The lowest BCUT2D eigenvalue weighted by molar-refractivity contribution is 0.101. The molecule has 5 nitrogen and oxygen atoms in total. The van der Waals surface area contributed by atoms with Crippen molar-refractivity contribution in [2.45, 2.75) is 32.6 Å². The van der Waals surface area contributed by atoms with Crippen LogP contribution in [0.4, 0.5) is 0 Å². The number of carbonyl (C=O) groups excluding carboxylic acids is 1. The van der Waals surface area contributed by atoms with Crippen LogP contribution in [-0.4, -0.2) is 15.6 Å². The Kier molecular flexibility index (Phi) is 4.21. The number of nitrogens with one attached hydrogen (secondary N) is 1. The first-order chi connectivity index (χ1) is 12.0. The second kappa shape index (κ2) is 6.38. The van der Waals surface area contributed by atoms with E-state index in [-0.39, 0.29) is 11.5 Å². The van der Waals surface area contributed by atoms with Crippen LogP contribution in [0.5, 0.6) is 0 Å². The fourth-order valence-corrected chi connectivity index (χ4v) is 4.77. The maximum atomic E-state index is 13.0. The second-order valence-corrected chi connectivity index (χ2v) is 8.14. The van der Waals surface area contributed by atoms with E-state index in [1.165, 1.54) is 9.55 Å². The van der Waals surface area contributed by atoms with Crippen molar-refractivity contribution in [2.24, 2.45) is 0 Å². The number of fused-ring (bicyclic) bond motifs is 3. The van der Waals surface area contributed by atoms with E-state index in [4.69, 9.17) is 0 Å². The number of benzene rings is 1. The van der Waals surface area contributed by atoms with Crippen LogP contribution in [0.25, 0.3) is 10.2 Å². The Balaban J connectivity index is 1.78. The van der Waals surface area contributed by atoms with Crippen LogP contribution in [0.1, 0.15) is 39.5 Å². The summed E-state index contributed by atoms with van der Waals surface area (Å²) in [7, 11) is 0. The van der Waals surface area contributed by atoms with E-state index < -0.39 is 0 Å². The lowest BCUT2D eigenvalue weighted by atomic mass is 9.97. The molecule has 0 saturated carbocycles. The van der Waals surface area contributed by atoms with Crippen molar-refractivity contribution in [2.75, 3.05) is 5.43 Å². The lowest BCUT2D eigenvalue weighted by Crippen LogP contribution is -2.35. The lowest BCUT2D eigenvalue weighted by Gasteiger charge is -2.13. The largest absolute Gasteiger partial charge is 0.281 e. The molecule has 0 unspecified atom stereocenters. The van der Waals surface area contributed by atoms with E-state index in [1.54, 1.807) is 42.5 Å².